The summed E-state index contributed by atoms with van der Waals surface area (Å²) in [5.41, 5.74) is 6.91. The van der Waals surface area contributed by atoms with Gasteiger partial charge in [-0.15, -0.1) is 0 Å². The smallest absolute Gasteiger partial charge is 0.0927 e. The maximum absolute atomic E-state index is 5.88. The number of aryl methyl sites for hydroxylation is 4. The molecule has 52 heavy (non-hydrogen) atoms. The Kier molecular flexibility index (Phi) is 11.2. The number of rotatable bonds is 10. The van der Waals surface area contributed by atoms with Crippen LogP contribution in [0.1, 0.15) is 47.9 Å². The van der Waals surface area contributed by atoms with Crippen LogP contribution in [0.3, 0.4) is 0 Å². The van der Waals surface area contributed by atoms with Crippen LogP contribution in [0.25, 0.3) is 0 Å². The van der Waals surface area contributed by atoms with Crippen molar-refractivity contribution in [2.75, 3.05) is 0 Å². The Balaban J connectivity index is 1.44. The largest absolute Gasteiger partial charge is 0.271 e. The average Bonchev–Trinajstić information content (AvgIpc) is 3.19. The minimum absolute atomic E-state index is 0.150. The van der Waals surface area contributed by atoms with Crippen molar-refractivity contribution in [3.8, 4) is 0 Å². The molecule has 1 saturated carbocycles. The molecule has 6 aromatic carbocycles. The van der Waals surface area contributed by atoms with Crippen LogP contribution in [0.15, 0.2) is 167 Å². The van der Waals surface area contributed by atoms with Gasteiger partial charge in [-0.25, -0.2) is 9.49 Å². The summed E-state index contributed by atoms with van der Waals surface area (Å²) in [5.74, 6) is 0. The summed E-state index contributed by atoms with van der Waals surface area (Å²) in [4.78, 5) is 0. The molecule has 0 bridgehead atoms. The van der Waals surface area contributed by atoms with Crippen LogP contribution in [0.4, 0.5) is 11.4 Å². The molecule has 1 aliphatic carbocycles. The zero-order valence-corrected chi connectivity index (χ0v) is 32.6. The fourth-order valence-corrected chi connectivity index (χ4v) is 14.2. The van der Waals surface area contributed by atoms with Crippen LogP contribution < -0.4 is 31.4 Å². The summed E-state index contributed by atoms with van der Waals surface area (Å²) in [6.07, 6.45) is 4.43. The van der Waals surface area contributed by atoms with Gasteiger partial charge in [0.25, 0.3) is 0 Å². The Labute approximate surface area is 311 Å². The van der Waals surface area contributed by atoms with Crippen LogP contribution >= 0.6 is 14.4 Å². The van der Waals surface area contributed by atoms with E-state index in [0.717, 1.165) is 24.2 Å². The highest BCUT2D eigenvalue weighted by Crippen LogP contribution is 2.51. The third-order valence-corrected chi connectivity index (χ3v) is 16.9. The Morgan fingerprint density at radius 2 is 0.731 bits per heavy atom. The number of nitrogens with zero attached hydrogens (tertiary/aromatic N) is 2. The summed E-state index contributed by atoms with van der Waals surface area (Å²) in [6.45, 7) is 8.69. The molecule has 2 atom stereocenters. The summed E-state index contributed by atoms with van der Waals surface area (Å²) < 4.78 is 11.8. The van der Waals surface area contributed by atoms with Gasteiger partial charge in [0, 0.05) is 33.3 Å². The Hall–Kier alpha value is -4.30. The standard InChI is InChI=1S/C46H50N4P2/c1-35-29-31-37(3)45(33-35)49-51(39-19-9-5-10-20-39,40-21-11-6-12-22-40)47-43-27-17-18-28-44(43)48-52(41-23-13-7-14-24-41,42-25-15-8-16-26-42)50-46-34-36(2)30-32-38(46)4/h5-16,19-26,29-34,43-44,47-48H,17-18,27-28H2,1-4H3/t43-,44-/m1/s1. The highest BCUT2D eigenvalue weighted by atomic mass is 31.2. The highest BCUT2D eigenvalue weighted by molar-refractivity contribution is 7.79. The molecule has 0 spiro atoms. The van der Waals surface area contributed by atoms with Gasteiger partial charge in [0.2, 0.25) is 0 Å². The van der Waals surface area contributed by atoms with Gasteiger partial charge in [0.05, 0.1) is 25.8 Å². The molecule has 0 heterocycles. The van der Waals surface area contributed by atoms with Crippen molar-refractivity contribution in [3.05, 3.63) is 180 Å². The lowest BCUT2D eigenvalue weighted by molar-refractivity contribution is 0.350. The molecule has 0 aromatic heterocycles. The molecule has 0 saturated heterocycles. The van der Waals surface area contributed by atoms with E-state index < -0.39 is 14.4 Å². The van der Waals surface area contributed by atoms with Gasteiger partial charge in [-0.05, 0) is 74.9 Å². The van der Waals surface area contributed by atoms with E-state index in [4.69, 9.17) is 9.49 Å². The van der Waals surface area contributed by atoms with Crippen LogP contribution in [0, 0.1) is 27.7 Å². The van der Waals surface area contributed by atoms with Crippen molar-refractivity contribution in [2.24, 2.45) is 9.49 Å². The van der Waals surface area contributed by atoms with Gasteiger partial charge >= 0.3 is 0 Å². The molecule has 6 aromatic rings. The van der Waals surface area contributed by atoms with Crippen molar-refractivity contribution >= 4 is 47.0 Å². The molecule has 4 nitrogen and oxygen atoms in total. The van der Waals surface area contributed by atoms with Gasteiger partial charge < -0.3 is 0 Å². The average molecular weight is 721 g/mol. The van der Waals surface area contributed by atoms with Crippen molar-refractivity contribution < 1.29 is 0 Å². The molecule has 0 aliphatic heterocycles. The first-order chi connectivity index (χ1) is 25.4. The van der Waals surface area contributed by atoms with E-state index in [-0.39, 0.29) is 12.1 Å². The lowest BCUT2D eigenvalue weighted by Crippen LogP contribution is -2.51. The summed E-state index contributed by atoms with van der Waals surface area (Å²) >= 11 is 0. The quantitative estimate of drug-likeness (QED) is 0.138. The van der Waals surface area contributed by atoms with Gasteiger partial charge in [-0.3, -0.25) is 10.2 Å². The van der Waals surface area contributed by atoms with Crippen LogP contribution in [-0.4, -0.2) is 12.1 Å². The van der Waals surface area contributed by atoms with Crippen LogP contribution in [0.5, 0.6) is 0 Å². The first kappa shape index (κ1) is 36.1. The fraction of sp³-hybridized carbons (Fsp3) is 0.217. The molecule has 7 rings (SSSR count). The zero-order valence-electron chi connectivity index (χ0n) is 30.8. The Morgan fingerprint density at radius 3 is 1.04 bits per heavy atom. The monoisotopic (exact) mass is 720 g/mol. The van der Waals surface area contributed by atoms with Crippen molar-refractivity contribution in [1.82, 2.24) is 10.2 Å². The van der Waals surface area contributed by atoms with Crippen molar-refractivity contribution in [3.63, 3.8) is 0 Å². The topological polar surface area (TPSA) is 48.8 Å². The number of hydrogen-bond acceptors (Lipinski definition) is 2. The first-order valence-electron chi connectivity index (χ1n) is 18.5. The molecule has 1 aliphatic rings. The molecule has 0 amide bonds. The lowest BCUT2D eigenvalue weighted by atomic mass is 9.92. The number of hydrogen-bond donors (Lipinski definition) is 2. The Morgan fingerprint density at radius 1 is 0.423 bits per heavy atom. The van der Waals surface area contributed by atoms with E-state index in [9.17, 15) is 0 Å². The lowest BCUT2D eigenvalue weighted by Gasteiger charge is -2.41. The molecule has 0 unspecified atom stereocenters. The maximum atomic E-state index is 5.88. The molecular weight excluding hydrogens is 670 g/mol. The highest BCUT2D eigenvalue weighted by Gasteiger charge is 2.37. The van der Waals surface area contributed by atoms with Crippen molar-refractivity contribution in [1.29, 1.82) is 0 Å². The first-order valence-corrected chi connectivity index (χ1v) is 22.0. The van der Waals surface area contributed by atoms with Gasteiger partial charge in [0.1, 0.15) is 0 Å². The van der Waals surface area contributed by atoms with E-state index in [1.165, 1.54) is 56.3 Å². The minimum atomic E-state index is -2.55. The summed E-state index contributed by atoms with van der Waals surface area (Å²) in [6, 6.07) is 57.5. The van der Waals surface area contributed by atoms with E-state index in [0.29, 0.717) is 0 Å². The third-order valence-electron chi connectivity index (χ3n) is 10.2. The molecule has 1 fully saturated rings. The van der Waals surface area contributed by atoms with E-state index >= 15 is 0 Å². The zero-order chi connectivity index (χ0) is 36.0. The maximum Gasteiger partial charge on any atom is 0.0927 e. The fourth-order valence-electron chi connectivity index (χ4n) is 7.36. The summed E-state index contributed by atoms with van der Waals surface area (Å²) in [7, 11) is -5.10. The second-order valence-corrected chi connectivity index (χ2v) is 19.7. The normalized spacial score (nSPS) is 16.3. The van der Waals surface area contributed by atoms with Gasteiger partial charge in [0.15, 0.2) is 0 Å². The molecular formula is C46H50N4P2. The predicted octanol–water partition coefficient (Wildman–Crippen LogP) is 10.9. The summed E-state index contributed by atoms with van der Waals surface area (Å²) in [5, 5.41) is 13.8. The van der Waals surface area contributed by atoms with Gasteiger partial charge in [-0.1, -0.05) is 158 Å². The predicted molar refractivity (Wildman–Crippen MR) is 226 cm³/mol. The van der Waals surface area contributed by atoms with E-state index in [1.807, 2.05) is 0 Å². The van der Waals surface area contributed by atoms with Gasteiger partial charge in [-0.2, -0.15) is 0 Å². The molecule has 6 heteroatoms. The van der Waals surface area contributed by atoms with Crippen LogP contribution in [-0.2, 0) is 0 Å². The molecule has 0 radical (unpaired) electrons. The SMILES string of the molecule is Cc1ccc(C)c(N=P(N[C@@H]2CCCC[C@H]2NP(=Nc2cc(C)ccc2C)(c2ccccc2)c2ccccc2)(c2ccccc2)c2ccccc2)c1. The molecule has 264 valence electrons. The van der Waals surface area contributed by atoms with Crippen molar-refractivity contribution in [2.45, 2.75) is 65.5 Å². The molecule has 2 N–H and O–H groups in total. The minimum Gasteiger partial charge on any atom is -0.271 e. The number of nitrogens with one attached hydrogen (secondary N) is 2. The van der Waals surface area contributed by atoms with E-state index in [1.54, 1.807) is 0 Å². The number of benzene rings is 6. The van der Waals surface area contributed by atoms with E-state index in [2.05, 4.69) is 196 Å². The van der Waals surface area contributed by atoms with Crippen LogP contribution in [0.2, 0.25) is 0 Å². The Bertz CT molecular complexity index is 1970. The second-order valence-electron chi connectivity index (χ2n) is 14.1. The second kappa shape index (κ2) is 16.2. The third kappa shape index (κ3) is 7.73.